The van der Waals surface area contributed by atoms with Crippen molar-refractivity contribution in [3.05, 3.63) is 24.3 Å². The van der Waals surface area contributed by atoms with Crippen LogP contribution in [0.5, 0.6) is 0 Å². The van der Waals surface area contributed by atoms with Crippen LogP contribution in [-0.4, -0.2) is 45.9 Å². The first-order chi connectivity index (χ1) is 12.5. The van der Waals surface area contributed by atoms with E-state index in [0.717, 1.165) is 0 Å². The Labute approximate surface area is 158 Å². The largest absolute Gasteiger partial charge is 0.467 e. The number of nitrogens with one attached hydrogen (secondary N) is 3. The minimum atomic E-state index is -3.92. The number of esters is 1. The normalized spacial score (nSPS) is 12.3. The summed E-state index contributed by atoms with van der Waals surface area (Å²) in [5, 5.41) is 4.99. The smallest absolute Gasteiger partial charge is 0.328 e. The van der Waals surface area contributed by atoms with Crippen LogP contribution in [0.2, 0.25) is 0 Å². The Hall–Kier alpha value is -2.46. The fourth-order valence-corrected chi connectivity index (χ4v) is 3.22. The van der Waals surface area contributed by atoms with Crippen LogP contribution in [0.25, 0.3) is 0 Å². The molecule has 1 aromatic carbocycles. The lowest BCUT2D eigenvalue weighted by Gasteiger charge is -2.18. The van der Waals surface area contributed by atoms with Crippen LogP contribution >= 0.6 is 0 Å². The number of carbonyl (C=O) groups is 3. The van der Waals surface area contributed by atoms with Crippen molar-refractivity contribution in [3.8, 4) is 0 Å². The molecule has 1 rings (SSSR count). The molecule has 3 N–H and O–H groups in total. The van der Waals surface area contributed by atoms with Gasteiger partial charge >= 0.3 is 5.97 Å². The predicted molar refractivity (Wildman–Crippen MR) is 99.3 cm³/mol. The fourth-order valence-electron chi connectivity index (χ4n) is 2.24. The Morgan fingerprint density at radius 1 is 1.11 bits per heavy atom. The molecule has 0 aliphatic carbocycles. The molecule has 0 saturated carbocycles. The third kappa shape index (κ3) is 7.75. The molecule has 9 nitrogen and oxygen atoms in total. The zero-order chi connectivity index (χ0) is 20.6. The van der Waals surface area contributed by atoms with Crippen molar-refractivity contribution in [2.45, 2.75) is 38.1 Å². The first kappa shape index (κ1) is 22.6. The van der Waals surface area contributed by atoms with E-state index in [-0.39, 0.29) is 16.7 Å². The SMILES string of the molecule is COC(=O)C(CC(C)C)NC(=O)CNS(=O)(=O)c1ccc(NC(C)=O)cc1. The second-order valence-corrected chi connectivity index (χ2v) is 8.07. The molecular weight excluding hydrogens is 374 g/mol. The van der Waals surface area contributed by atoms with Crippen molar-refractivity contribution in [3.63, 3.8) is 0 Å². The molecule has 0 aliphatic heterocycles. The molecule has 0 radical (unpaired) electrons. The van der Waals surface area contributed by atoms with E-state index in [4.69, 9.17) is 0 Å². The number of benzene rings is 1. The molecule has 1 aromatic rings. The van der Waals surface area contributed by atoms with Crippen molar-refractivity contribution < 1.29 is 27.5 Å². The zero-order valence-corrected chi connectivity index (χ0v) is 16.6. The van der Waals surface area contributed by atoms with E-state index in [9.17, 15) is 22.8 Å². The fraction of sp³-hybridized carbons (Fsp3) is 0.471. The van der Waals surface area contributed by atoms with E-state index in [0.29, 0.717) is 12.1 Å². The van der Waals surface area contributed by atoms with E-state index in [1.807, 2.05) is 13.8 Å². The second-order valence-electron chi connectivity index (χ2n) is 6.30. The van der Waals surface area contributed by atoms with Crippen LogP contribution in [0.3, 0.4) is 0 Å². The molecule has 10 heteroatoms. The second kappa shape index (κ2) is 10.0. The van der Waals surface area contributed by atoms with Gasteiger partial charge in [-0.15, -0.1) is 0 Å². The average Bonchev–Trinajstić information content (AvgIpc) is 2.58. The maximum Gasteiger partial charge on any atom is 0.328 e. The lowest BCUT2D eigenvalue weighted by molar-refractivity contribution is -0.145. The third-order valence-electron chi connectivity index (χ3n) is 3.44. The molecule has 27 heavy (non-hydrogen) atoms. The van der Waals surface area contributed by atoms with Gasteiger partial charge in [-0.3, -0.25) is 9.59 Å². The number of amides is 2. The summed E-state index contributed by atoms with van der Waals surface area (Å²) < 4.78 is 31.3. The van der Waals surface area contributed by atoms with E-state index < -0.39 is 34.5 Å². The molecular formula is C17H25N3O6S. The highest BCUT2D eigenvalue weighted by molar-refractivity contribution is 7.89. The van der Waals surface area contributed by atoms with Gasteiger partial charge in [-0.05, 0) is 36.6 Å². The Bertz CT molecular complexity index is 774. The van der Waals surface area contributed by atoms with Gasteiger partial charge in [0, 0.05) is 12.6 Å². The van der Waals surface area contributed by atoms with Gasteiger partial charge in [0.15, 0.2) is 0 Å². The van der Waals surface area contributed by atoms with E-state index in [1.165, 1.54) is 38.3 Å². The standard InChI is InChI=1S/C17H25N3O6S/c1-11(2)9-15(17(23)26-4)20-16(22)10-18-27(24,25)14-7-5-13(6-8-14)19-12(3)21/h5-8,11,15,18H,9-10H2,1-4H3,(H,19,21)(H,20,22). The molecule has 0 spiro atoms. The van der Waals surface area contributed by atoms with Crippen LogP contribution in [-0.2, 0) is 29.1 Å². The van der Waals surface area contributed by atoms with Crippen LogP contribution in [0.15, 0.2) is 29.2 Å². The van der Waals surface area contributed by atoms with Crippen LogP contribution < -0.4 is 15.4 Å². The van der Waals surface area contributed by atoms with Crippen molar-refractivity contribution in [2.75, 3.05) is 19.0 Å². The summed E-state index contributed by atoms with van der Waals surface area (Å²) in [6.07, 6.45) is 0.371. The van der Waals surface area contributed by atoms with Crippen LogP contribution in [0, 0.1) is 5.92 Å². The number of methoxy groups -OCH3 is 1. The summed E-state index contributed by atoms with van der Waals surface area (Å²) in [7, 11) is -2.71. The Balaban J connectivity index is 2.70. The Morgan fingerprint density at radius 3 is 2.19 bits per heavy atom. The molecule has 0 aromatic heterocycles. The van der Waals surface area contributed by atoms with Crippen molar-refractivity contribution >= 4 is 33.5 Å². The lowest BCUT2D eigenvalue weighted by Crippen LogP contribution is -2.46. The number of carbonyl (C=O) groups excluding carboxylic acids is 3. The van der Waals surface area contributed by atoms with Crippen LogP contribution in [0.4, 0.5) is 5.69 Å². The maximum absolute atomic E-state index is 12.3. The Morgan fingerprint density at radius 2 is 1.70 bits per heavy atom. The molecule has 0 aliphatic rings. The molecule has 2 amide bonds. The minimum absolute atomic E-state index is 0.0592. The molecule has 1 unspecified atom stereocenters. The van der Waals surface area contributed by atoms with E-state index in [1.54, 1.807) is 0 Å². The highest BCUT2D eigenvalue weighted by Gasteiger charge is 2.23. The van der Waals surface area contributed by atoms with Crippen molar-refractivity contribution in [1.29, 1.82) is 0 Å². The van der Waals surface area contributed by atoms with Gasteiger partial charge in [0.1, 0.15) is 6.04 Å². The number of rotatable bonds is 9. The molecule has 150 valence electrons. The Kier molecular flexibility index (Phi) is 8.38. The van der Waals surface area contributed by atoms with Crippen LogP contribution in [0.1, 0.15) is 27.2 Å². The van der Waals surface area contributed by atoms with E-state index >= 15 is 0 Å². The number of hydrogen-bond acceptors (Lipinski definition) is 6. The van der Waals surface area contributed by atoms with Gasteiger partial charge in [-0.1, -0.05) is 13.8 Å². The molecule has 0 saturated heterocycles. The van der Waals surface area contributed by atoms with Gasteiger partial charge in [0.2, 0.25) is 21.8 Å². The number of anilines is 1. The highest BCUT2D eigenvalue weighted by Crippen LogP contribution is 2.14. The van der Waals surface area contributed by atoms with Crippen molar-refractivity contribution in [2.24, 2.45) is 5.92 Å². The van der Waals surface area contributed by atoms with Gasteiger partial charge in [-0.2, -0.15) is 0 Å². The van der Waals surface area contributed by atoms with Gasteiger partial charge in [0.05, 0.1) is 18.6 Å². The zero-order valence-electron chi connectivity index (χ0n) is 15.7. The molecule has 0 bridgehead atoms. The number of hydrogen-bond donors (Lipinski definition) is 3. The topological polar surface area (TPSA) is 131 Å². The lowest BCUT2D eigenvalue weighted by atomic mass is 10.0. The summed E-state index contributed by atoms with van der Waals surface area (Å²) >= 11 is 0. The number of sulfonamides is 1. The van der Waals surface area contributed by atoms with Crippen molar-refractivity contribution in [1.82, 2.24) is 10.0 Å². The average molecular weight is 399 g/mol. The minimum Gasteiger partial charge on any atom is -0.467 e. The summed E-state index contributed by atoms with van der Waals surface area (Å²) in [6, 6.07) is 4.64. The summed E-state index contributed by atoms with van der Waals surface area (Å²) in [5.41, 5.74) is 0.453. The molecule has 0 fully saturated rings. The van der Waals surface area contributed by atoms with Gasteiger partial charge < -0.3 is 15.4 Å². The quantitative estimate of drug-likeness (QED) is 0.522. The highest BCUT2D eigenvalue weighted by atomic mass is 32.2. The van der Waals surface area contributed by atoms with Gasteiger partial charge in [-0.25, -0.2) is 17.9 Å². The van der Waals surface area contributed by atoms with E-state index in [2.05, 4.69) is 20.1 Å². The third-order valence-corrected chi connectivity index (χ3v) is 4.85. The van der Waals surface area contributed by atoms with Gasteiger partial charge in [0.25, 0.3) is 0 Å². The summed E-state index contributed by atoms with van der Waals surface area (Å²) in [5.74, 6) is -1.38. The molecule has 0 heterocycles. The number of ether oxygens (including phenoxy) is 1. The first-order valence-corrected chi connectivity index (χ1v) is 9.78. The molecule has 1 atom stereocenters. The maximum atomic E-state index is 12.3. The first-order valence-electron chi connectivity index (χ1n) is 8.29. The predicted octanol–water partition coefficient (Wildman–Crippen LogP) is 0.627. The monoisotopic (exact) mass is 399 g/mol. The summed E-state index contributed by atoms with van der Waals surface area (Å²) in [6.45, 7) is 4.58. The summed E-state index contributed by atoms with van der Waals surface area (Å²) in [4.78, 5) is 34.6.